The fourth-order valence-corrected chi connectivity index (χ4v) is 3.66. The lowest BCUT2D eigenvalue weighted by atomic mass is 10.1. The van der Waals surface area contributed by atoms with E-state index in [1.54, 1.807) is 11.1 Å². The summed E-state index contributed by atoms with van der Waals surface area (Å²) in [4.78, 5) is 27.1. The zero-order valence-electron chi connectivity index (χ0n) is 12.1. The van der Waals surface area contributed by atoms with Crippen LogP contribution < -0.4 is 5.43 Å². The van der Waals surface area contributed by atoms with Crippen LogP contribution in [-0.2, 0) is 6.42 Å². The van der Waals surface area contributed by atoms with E-state index in [2.05, 4.69) is 17.6 Å². The van der Waals surface area contributed by atoms with Gasteiger partial charge in [-0.15, -0.1) is 0 Å². The first-order chi connectivity index (χ1) is 10.2. The molecule has 1 saturated heterocycles. The molecule has 2 aromatic rings. The zero-order chi connectivity index (χ0) is 14.6. The monoisotopic (exact) mass is 282 g/mol. The molecule has 2 aliphatic heterocycles. The number of rotatable bonds is 1. The summed E-state index contributed by atoms with van der Waals surface area (Å²) in [6.45, 7) is 3.67. The molecule has 0 saturated carbocycles. The maximum absolute atomic E-state index is 12.7. The lowest BCUT2D eigenvalue weighted by Gasteiger charge is -2.17. The van der Waals surface area contributed by atoms with Crippen molar-refractivity contribution < 1.29 is 4.79 Å². The summed E-state index contributed by atoms with van der Waals surface area (Å²) >= 11 is 0. The first-order valence-corrected chi connectivity index (χ1v) is 7.63. The minimum Gasteiger partial charge on any atom is -0.343 e. The molecule has 21 heavy (non-hydrogen) atoms. The molecule has 4 heteroatoms. The Labute approximate surface area is 123 Å². The van der Waals surface area contributed by atoms with Crippen molar-refractivity contribution in [3.63, 3.8) is 0 Å². The minimum absolute atomic E-state index is 0.104. The lowest BCUT2D eigenvalue weighted by molar-refractivity contribution is 0.0791. The average molecular weight is 282 g/mol. The summed E-state index contributed by atoms with van der Waals surface area (Å²) in [6, 6.07) is 6.14. The number of amides is 1. The molecular formula is C17H18N2O2. The van der Waals surface area contributed by atoms with Gasteiger partial charge < -0.3 is 9.47 Å². The van der Waals surface area contributed by atoms with Gasteiger partial charge in [-0.3, -0.25) is 9.59 Å². The Morgan fingerprint density at radius 2 is 2.00 bits per heavy atom. The first-order valence-electron chi connectivity index (χ1n) is 7.63. The first kappa shape index (κ1) is 12.6. The van der Waals surface area contributed by atoms with E-state index in [-0.39, 0.29) is 11.3 Å². The summed E-state index contributed by atoms with van der Waals surface area (Å²) in [7, 11) is 0. The van der Waals surface area contributed by atoms with E-state index in [1.165, 1.54) is 5.56 Å². The van der Waals surface area contributed by atoms with Crippen LogP contribution in [-0.4, -0.2) is 28.5 Å². The summed E-state index contributed by atoms with van der Waals surface area (Å²) < 4.78 is 2.11. The van der Waals surface area contributed by atoms with E-state index in [1.807, 2.05) is 12.1 Å². The van der Waals surface area contributed by atoms with E-state index < -0.39 is 0 Å². The Hall–Kier alpha value is -2.10. The highest BCUT2D eigenvalue weighted by Gasteiger charge is 2.27. The van der Waals surface area contributed by atoms with Crippen LogP contribution in [0.25, 0.3) is 10.9 Å². The van der Waals surface area contributed by atoms with Gasteiger partial charge in [0.25, 0.3) is 5.91 Å². The quantitative estimate of drug-likeness (QED) is 0.805. The molecule has 4 rings (SSSR count). The van der Waals surface area contributed by atoms with Crippen LogP contribution in [0.15, 0.2) is 29.2 Å². The molecular weight excluding hydrogens is 264 g/mol. The van der Waals surface area contributed by atoms with Crippen LogP contribution >= 0.6 is 0 Å². The number of nitrogens with zero attached hydrogens (tertiary/aromatic N) is 2. The molecule has 1 aromatic carbocycles. The van der Waals surface area contributed by atoms with Gasteiger partial charge in [-0.1, -0.05) is 12.1 Å². The van der Waals surface area contributed by atoms with Crippen LogP contribution in [0.1, 0.15) is 41.7 Å². The van der Waals surface area contributed by atoms with Crippen molar-refractivity contribution in [2.75, 3.05) is 13.1 Å². The van der Waals surface area contributed by atoms with Gasteiger partial charge in [-0.25, -0.2) is 0 Å². The number of likely N-dealkylation sites (tertiary alicyclic amines) is 1. The van der Waals surface area contributed by atoms with Crippen molar-refractivity contribution in [3.8, 4) is 0 Å². The SMILES string of the molecule is CC1Cc2cccc3c(=O)c(C(=O)N4CCCC4)cn1c23. The Morgan fingerprint density at radius 3 is 2.76 bits per heavy atom. The van der Waals surface area contributed by atoms with E-state index in [0.717, 1.165) is 37.9 Å². The highest BCUT2D eigenvalue weighted by molar-refractivity contribution is 5.98. The fourth-order valence-electron chi connectivity index (χ4n) is 3.66. The predicted molar refractivity (Wildman–Crippen MR) is 81.8 cm³/mol. The van der Waals surface area contributed by atoms with Gasteiger partial charge in [-0.05, 0) is 37.8 Å². The highest BCUT2D eigenvalue weighted by atomic mass is 16.2. The molecule has 0 aliphatic carbocycles. The van der Waals surface area contributed by atoms with Crippen LogP contribution in [0.3, 0.4) is 0 Å². The summed E-state index contributed by atoms with van der Waals surface area (Å²) in [5, 5.41) is 0.682. The Morgan fingerprint density at radius 1 is 1.24 bits per heavy atom. The van der Waals surface area contributed by atoms with Gasteiger partial charge in [0.05, 0.1) is 5.52 Å². The van der Waals surface area contributed by atoms with Crippen LogP contribution in [0.5, 0.6) is 0 Å². The standard InChI is InChI=1S/C17H18N2O2/c1-11-9-12-5-4-6-13-15(12)19(11)10-14(16(13)20)17(21)18-7-2-3-8-18/h4-6,10-11H,2-3,7-9H2,1H3. The number of carbonyl (C=O) groups excluding carboxylic acids is 1. The maximum atomic E-state index is 12.7. The second kappa shape index (κ2) is 4.45. The summed E-state index contributed by atoms with van der Waals surface area (Å²) in [5.74, 6) is -0.104. The molecule has 4 nitrogen and oxygen atoms in total. The topological polar surface area (TPSA) is 42.3 Å². The second-order valence-corrected chi connectivity index (χ2v) is 6.14. The third-order valence-electron chi connectivity index (χ3n) is 4.75. The highest BCUT2D eigenvalue weighted by Crippen LogP contribution is 2.31. The second-order valence-electron chi connectivity index (χ2n) is 6.14. The van der Waals surface area contributed by atoms with E-state index in [0.29, 0.717) is 17.0 Å². The van der Waals surface area contributed by atoms with Crippen LogP contribution in [0, 0.1) is 0 Å². The average Bonchev–Trinajstić information content (AvgIpc) is 3.11. The summed E-state index contributed by atoms with van der Waals surface area (Å²) in [5.41, 5.74) is 2.43. The van der Waals surface area contributed by atoms with Gasteiger partial charge in [0.2, 0.25) is 5.43 Å². The third-order valence-corrected chi connectivity index (χ3v) is 4.75. The number of para-hydroxylation sites is 1. The van der Waals surface area contributed by atoms with Crippen molar-refractivity contribution in [3.05, 3.63) is 45.7 Å². The predicted octanol–water partition coefficient (Wildman–Crippen LogP) is 2.35. The van der Waals surface area contributed by atoms with Crippen molar-refractivity contribution in [1.82, 2.24) is 9.47 Å². The molecule has 1 fully saturated rings. The molecule has 0 N–H and O–H groups in total. The molecule has 1 unspecified atom stereocenters. The number of pyridine rings is 1. The molecule has 1 atom stereocenters. The normalized spacial score (nSPS) is 20.4. The van der Waals surface area contributed by atoms with Crippen molar-refractivity contribution >= 4 is 16.8 Å². The molecule has 1 amide bonds. The van der Waals surface area contributed by atoms with E-state index in [9.17, 15) is 9.59 Å². The van der Waals surface area contributed by atoms with Gasteiger partial charge in [-0.2, -0.15) is 0 Å². The van der Waals surface area contributed by atoms with Gasteiger partial charge in [0.1, 0.15) is 5.56 Å². The molecule has 1 aromatic heterocycles. The van der Waals surface area contributed by atoms with Crippen LogP contribution in [0.4, 0.5) is 0 Å². The fraction of sp³-hybridized carbons (Fsp3) is 0.412. The zero-order valence-corrected chi connectivity index (χ0v) is 12.1. The number of hydrogen-bond donors (Lipinski definition) is 0. The molecule has 0 radical (unpaired) electrons. The Kier molecular flexibility index (Phi) is 2.67. The van der Waals surface area contributed by atoms with E-state index in [4.69, 9.17) is 0 Å². The number of benzene rings is 1. The van der Waals surface area contributed by atoms with Crippen molar-refractivity contribution in [2.24, 2.45) is 0 Å². The maximum Gasteiger partial charge on any atom is 0.259 e. The molecule has 2 aliphatic rings. The largest absolute Gasteiger partial charge is 0.343 e. The van der Waals surface area contributed by atoms with Crippen LogP contribution in [0.2, 0.25) is 0 Å². The number of aromatic nitrogens is 1. The molecule has 0 spiro atoms. The third kappa shape index (κ3) is 1.75. The van der Waals surface area contributed by atoms with Gasteiger partial charge in [0.15, 0.2) is 0 Å². The molecule has 108 valence electrons. The molecule has 0 bridgehead atoms. The van der Waals surface area contributed by atoms with Gasteiger partial charge >= 0.3 is 0 Å². The minimum atomic E-state index is -0.117. The van der Waals surface area contributed by atoms with Crippen molar-refractivity contribution in [1.29, 1.82) is 0 Å². The Bertz CT molecular complexity index is 800. The molecule has 3 heterocycles. The van der Waals surface area contributed by atoms with Crippen molar-refractivity contribution in [2.45, 2.75) is 32.2 Å². The number of carbonyl (C=O) groups is 1. The van der Waals surface area contributed by atoms with E-state index >= 15 is 0 Å². The Balaban J connectivity index is 1.95. The summed E-state index contributed by atoms with van der Waals surface area (Å²) in [6.07, 6.45) is 4.78. The number of hydrogen-bond acceptors (Lipinski definition) is 2. The lowest BCUT2D eigenvalue weighted by Crippen LogP contribution is -2.32. The smallest absolute Gasteiger partial charge is 0.259 e. The van der Waals surface area contributed by atoms with Gasteiger partial charge in [0, 0.05) is 30.7 Å².